The van der Waals surface area contributed by atoms with E-state index in [4.69, 9.17) is 0 Å². The van der Waals surface area contributed by atoms with Crippen molar-refractivity contribution < 1.29 is 9.59 Å². The SMILES string of the molecule is O=C1c2ccccc2C(=O)N1Cc1ccc(-c2cnc3[nH]ccc3c2)cc1. The molecule has 3 heterocycles. The van der Waals surface area contributed by atoms with E-state index in [0.29, 0.717) is 11.1 Å². The summed E-state index contributed by atoms with van der Waals surface area (Å²) in [6.45, 7) is 0.266. The second-order valence-corrected chi connectivity index (χ2v) is 6.58. The summed E-state index contributed by atoms with van der Waals surface area (Å²) in [5.41, 5.74) is 4.78. The standard InChI is InChI=1S/C22H15N3O2/c26-21-18-3-1-2-4-19(18)22(27)25(21)13-14-5-7-15(8-6-14)17-11-16-9-10-23-20(16)24-12-17/h1-12H,13H2,(H,23,24). The molecule has 2 aromatic carbocycles. The molecule has 27 heavy (non-hydrogen) atoms. The molecule has 0 saturated carbocycles. The highest BCUT2D eigenvalue weighted by Gasteiger charge is 2.34. The molecular formula is C22H15N3O2. The summed E-state index contributed by atoms with van der Waals surface area (Å²) in [6.07, 6.45) is 3.70. The van der Waals surface area contributed by atoms with Crippen LogP contribution in [-0.2, 0) is 6.54 Å². The minimum atomic E-state index is -0.234. The van der Waals surface area contributed by atoms with E-state index in [0.717, 1.165) is 27.7 Å². The third-order valence-electron chi connectivity index (χ3n) is 4.91. The van der Waals surface area contributed by atoms with Gasteiger partial charge in [0.05, 0.1) is 17.7 Å². The zero-order chi connectivity index (χ0) is 18.4. The van der Waals surface area contributed by atoms with Crippen LogP contribution in [0.5, 0.6) is 0 Å². The molecule has 0 radical (unpaired) electrons. The minimum absolute atomic E-state index is 0.234. The van der Waals surface area contributed by atoms with Gasteiger partial charge >= 0.3 is 0 Å². The van der Waals surface area contributed by atoms with Crippen LogP contribution in [-0.4, -0.2) is 26.7 Å². The monoisotopic (exact) mass is 353 g/mol. The number of benzene rings is 2. The Labute approximate surface area is 155 Å². The number of imide groups is 1. The maximum absolute atomic E-state index is 12.5. The summed E-state index contributed by atoms with van der Waals surface area (Å²) in [5, 5.41) is 1.06. The van der Waals surface area contributed by atoms with Crippen LogP contribution >= 0.6 is 0 Å². The van der Waals surface area contributed by atoms with Gasteiger partial charge in [-0.2, -0.15) is 0 Å². The van der Waals surface area contributed by atoms with Crippen molar-refractivity contribution >= 4 is 22.8 Å². The van der Waals surface area contributed by atoms with Crippen LogP contribution in [0.3, 0.4) is 0 Å². The first kappa shape index (κ1) is 15.5. The van der Waals surface area contributed by atoms with Crippen molar-refractivity contribution in [1.82, 2.24) is 14.9 Å². The number of hydrogen-bond donors (Lipinski definition) is 1. The number of rotatable bonds is 3. The topological polar surface area (TPSA) is 66.1 Å². The van der Waals surface area contributed by atoms with Gasteiger partial charge in [-0.25, -0.2) is 4.98 Å². The Hall–Kier alpha value is -3.73. The normalized spacial score (nSPS) is 13.4. The van der Waals surface area contributed by atoms with Gasteiger partial charge in [0, 0.05) is 23.3 Å². The van der Waals surface area contributed by atoms with Gasteiger partial charge < -0.3 is 4.98 Å². The molecule has 0 atom stereocenters. The van der Waals surface area contributed by atoms with Gasteiger partial charge in [-0.1, -0.05) is 36.4 Å². The van der Waals surface area contributed by atoms with Crippen molar-refractivity contribution in [3.05, 3.63) is 89.7 Å². The minimum Gasteiger partial charge on any atom is -0.346 e. The van der Waals surface area contributed by atoms with Crippen LogP contribution in [0.15, 0.2) is 73.1 Å². The lowest BCUT2D eigenvalue weighted by atomic mass is 10.0. The van der Waals surface area contributed by atoms with Crippen molar-refractivity contribution in [1.29, 1.82) is 0 Å². The third kappa shape index (κ3) is 2.52. The van der Waals surface area contributed by atoms with Gasteiger partial charge in [0.2, 0.25) is 0 Å². The molecule has 0 spiro atoms. The largest absolute Gasteiger partial charge is 0.346 e. The Morgan fingerprint density at radius 3 is 2.26 bits per heavy atom. The Morgan fingerprint density at radius 2 is 1.56 bits per heavy atom. The molecule has 130 valence electrons. The molecule has 0 saturated heterocycles. The number of nitrogens with zero attached hydrogens (tertiary/aromatic N) is 2. The molecule has 5 heteroatoms. The van der Waals surface area contributed by atoms with Crippen LogP contribution < -0.4 is 0 Å². The molecule has 5 rings (SSSR count). The summed E-state index contributed by atoms with van der Waals surface area (Å²) >= 11 is 0. The van der Waals surface area contributed by atoms with E-state index in [1.807, 2.05) is 42.7 Å². The Balaban J connectivity index is 1.40. The molecule has 5 nitrogen and oxygen atoms in total. The summed E-state index contributed by atoms with van der Waals surface area (Å²) in [5.74, 6) is -0.469. The molecule has 2 amide bonds. The highest BCUT2D eigenvalue weighted by molar-refractivity contribution is 6.21. The molecule has 1 N–H and O–H groups in total. The maximum atomic E-state index is 12.5. The van der Waals surface area contributed by atoms with Crippen LogP contribution in [0.1, 0.15) is 26.3 Å². The number of H-pyrrole nitrogens is 1. The summed E-state index contributed by atoms with van der Waals surface area (Å²) in [4.78, 5) is 33.8. The predicted octanol–water partition coefficient (Wildman–Crippen LogP) is 4.03. The molecule has 0 bridgehead atoms. The van der Waals surface area contributed by atoms with Crippen molar-refractivity contribution in [2.45, 2.75) is 6.54 Å². The summed E-state index contributed by atoms with van der Waals surface area (Å²) in [7, 11) is 0. The van der Waals surface area contributed by atoms with E-state index < -0.39 is 0 Å². The van der Waals surface area contributed by atoms with Gasteiger partial charge in [0.25, 0.3) is 11.8 Å². The maximum Gasteiger partial charge on any atom is 0.261 e. The summed E-state index contributed by atoms with van der Waals surface area (Å²) in [6, 6.07) is 18.9. The molecule has 2 aromatic heterocycles. The smallest absolute Gasteiger partial charge is 0.261 e. The first-order valence-corrected chi connectivity index (χ1v) is 8.68. The second-order valence-electron chi connectivity index (χ2n) is 6.58. The lowest BCUT2D eigenvalue weighted by molar-refractivity contribution is 0.0642. The number of pyridine rings is 1. The average Bonchev–Trinajstić information content (AvgIpc) is 3.27. The highest BCUT2D eigenvalue weighted by atomic mass is 16.2. The van der Waals surface area contributed by atoms with E-state index in [1.54, 1.807) is 24.3 Å². The lowest BCUT2D eigenvalue weighted by Gasteiger charge is -2.14. The average molecular weight is 353 g/mol. The van der Waals surface area contributed by atoms with Crippen molar-refractivity contribution in [2.24, 2.45) is 0 Å². The number of aromatic nitrogens is 2. The number of amides is 2. The van der Waals surface area contributed by atoms with E-state index in [1.165, 1.54) is 4.90 Å². The van der Waals surface area contributed by atoms with Gasteiger partial charge in [0.15, 0.2) is 0 Å². The van der Waals surface area contributed by atoms with Gasteiger partial charge in [-0.3, -0.25) is 14.5 Å². The number of nitrogens with one attached hydrogen (secondary N) is 1. The molecule has 0 fully saturated rings. The third-order valence-corrected chi connectivity index (χ3v) is 4.91. The van der Waals surface area contributed by atoms with Gasteiger partial charge in [-0.05, 0) is 35.4 Å². The van der Waals surface area contributed by atoms with E-state index in [2.05, 4.69) is 16.0 Å². The van der Waals surface area contributed by atoms with Crippen LogP contribution in [0.2, 0.25) is 0 Å². The fraction of sp³-hybridized carbons (Fsp3) is 0.0455. The molecule has 4 aromatic rings. The van der Waals surface area contributed by atoms with Crippen LogP contribution in [0, 0.1) is 0 Å². The van der Waals surface area contributed by atoms with Crippen molar-refractivity contribution in [2.75, 3.05) is 0 Å². The first-order valence-electron chi connectivity index (χ1n) is 8.68. The Bertz CT molecular complexity index is 1160. The zero-order valence-electron chi connectivity index (χ0n) is 14.3. The van der Waals surface area contributed by atoms with Gasteiger partial charge in [0.1, 0.15) is 5.65 Å². The predicted molar refractivity (Wildman–Crippen MR) is 102 cm³/mol. The summed E-state index contributed by atoms with van der Waals surface area (Å²) < 4.78 is 0. The Kier molecular flexibility index (Phi) is 3.40. The lowest BCUT2D eigenvalue weighted by Crippen LogP contribution is -2.29. The first-order chi connectivity index (χ1) is 13.2. The van der Waals surface area contributed by atoms with Crippen molar-refractivity contribution in [3.8, 4) is 11.1 Å². The number of carbonyl (C=O) groups is 2. The second kappa shape index (κ2) is 5.92. The molecule has 1 aliphatic heterocycles. The fourth-order valence-corrected chi connectivity index (χ4v) is 3.47. The van der Waals surface area contributed by atoms with E-state index in [9.17, 15) is 9.59 Å². The van der Waals surface area contributed by atoms with Crippen LogP contribution in [0.25, 0.3) is 22.2 Å². The fourth-order valence-electron chi connectivity index (χ4n) is 3.47. The van der Waals surface area contributed by atoms with Crippen molar-refractivity contribution in [3.63, 3.8) is 0 Å². The number of aromatic amines is 1. The van der Waals surface area contributed by atoms with E-state index in [-0.39, 0.29) is 18.4 Å². The van der Waals surface area contributed by atoms with Crippen LogP contribution in [0.4, 0.5) is 0 Å². The highest BCUT2D eigenvalue weighted by Crippen LogP contribution is 2.26. The van der Waals surface area contributed by atoms with Gasteiger partial charge in [-0.15, -0.1) is 0 Å². The number of carbonyl (C=O) groups excluding carboxylic acids is 2. The molecule has 1 aliphatic rings. The molecule has 0 aliphatic carbocycles. The van der Waals surface area contributed by atoms with E-state index >= 15 is 0 Å². The molecule has 0 unspecified atom stereocenters. The zero-order valence-corrected chi connectivity index (χ0v) is 14.3. The number of hydrogen-bond acceptors (Lipinski definition) is 3. The molecular weight excluding hydrogens is 338 g/mol. The quantitative estimate of drug-likeness (QED) is 0.566. The number of fused-ring (bicyclic) bond motifs is 2. The Morgan fingerprint density at radius 1 is 0.852 bits per heavy atom.